The normalized spacial score (nSPS) is 10.8. The zero-order valence-electron chi connectivity index (χ0n) is 11.3. The third-order valence-corrected chi connectivity index (χ3v) is 3.58. The number of hydrogen-bond acceptors (Lipinski definition) is 4. The van der Waals surface area contributed by atoms with Gasteiger partial charge in [-0.25, -0.2) is 13.2 Å². The fraction of sp³-hybridized carbons (Fsp3) is 0.417. The summed E-state index contributed by atoms with van der Waals surface area (Å²) in [5.41, 5.74) is 0.497. The van der Waals surface area contributed by atoms with E-state index in [1.54, 1.807) is 30.3 Å². The van der Waals surface area contributed by atoms with E-state index in [2.05, 4.69) is 15.4 Å². The first-order chi connectivity index (χ1) is 9.53. The van der Waals surface area contributed by atoms with Gasteiger partial charge in [0.15, 0.2) is 0 Å². The highest BCUT2D eigenvalue weighted by molar-refractivity contribution is 7.92. The number of nitrogens with one attached hydrogen (secondary N) is 3. The lowest BCUT2D eigenvalue weighted by atomic mass is 10.3. The Morgan fingerprint density at radius 2 is 1.80 bits per heavy atom. The van der Waals surface area contributed by atoms with Crippen molar-refractivity contribution in [3.8, 4) is 0 Å². The minimum atomic E-state index is -3.47. The van der Waals surface area contributed by atoms with Crippen molar-refractivity contribution in [2.75, 3.05) is 37.3 Å². The van der Waals surface area contributed by atoms with Crippen molar-refractivity contribution < 1.29 is 17.9 Å². The smallest absolute Gasteiger partial charge is 0.314 e. The van der Waals surface area contributed by atoms with E-state index in [1.165, 1.54) is 7.11 Å². The molecule has 0 aliphatic heterocycles. The summed E-state index contributed by atoms with van der Waals surface area (Å²) in [6, 6.07) is 8.16. The number of methoxy groups -OCH3 is 1. The largest absolute Gasteiger partial charge is 0.383 e. The average molecular weight is 301 g/mol. The van der Waals surface area contributed by atoms with Gasteiger partial charge in [-0.15, -0.1) is 0 Å². The molecule has 2 amide bonds. The number of rotatable bonds is 8. The van der Waals surface area contributed by atoms with Crippen LogP contribution in [0.5, 0.6) is 0 Å². The molecule has 0 bridgehead atoms. The molecule has 0 aromatic heterocycles. The molecule has 0 aliphatic rings. The van der Waals surface area contributed by atoms with E-state index < -0.39 is 16.1 Å². The number of anilines is 1. The van der Waals surface area contributed by atoms with Gasteiger partial charge in [-0.05, 0) is 12.1 Å². The Morgan fingerprint density at radius 1 is 1.15 bits per heavy atom. The minimum Gasteiger partial charge on any atom is -0.383 e. The van der Waals surface area contributed by atoms with Crippen LogP contribution in [0.25, 0.3) is 0 Å². The Kier molecular flexibility index (Phi) is 6.82. The van der Waals surface area contributed by atoms with Crippen LogP contribution in [-0.2, 0) is 14.8 Å². The lowest BCUT2D eigenvalue weighted by Gasteiger charge is -2.09. The van der Waals surface area contributed by atoms with Crippen LogP contribution in [-0.4, -0.2) is 47.0 Å². The molecule has 0 heterocycles. The fourth-order valence-electron chi connectivity index (χ4n) is 1.36. The van der Waals surface area contributed by atoms with Gasteiger partial charge in [0.25, 0.3) is 0 Å². The second-order valence-electron chi connectivity index (χ2n) is 3.96. The first-order valence-electron chi connectivity index (χ1n) is 6.09. The van der Waals surface area contributed by atoms with Crippen molar-refractivity contribution in [3.05, 3.63) is 30.3 Å². The first kappa shape index (κ1) is 16.3. The maximum absolute atomic E-state index is 11.7. The van der Waals surface area contributed by atoms with E-state index >= 15 is 0 Å². The summed E-state index contributed by atoms with van der Waals surface area (Å²) in [7, 11) is -1.94. The topological polar surface area (TPSA) is 96.5 Å². The van der Waals surface area contributed by atoms with Gasteiger partial charge in [-0.3, -0.25) is 4.72 Å². The molecular weight excluding hydrogens is 282 g/mol. The summed E-state index contributed by atoms with van der Waals surface area (Å²) in [6.45, 7) is 0.805. The van der Waals surface area contributed by atoms with E-state index in [-0.39, 0.29) is 12.3 Å². The lowest BCUT2D eigenvalue weighted by molar-refractivity contribution is 0.196. The SMILES string of the molecule is COCCNC(=O)NCCS(=O)(=O)Nc1ccccc1. The van der Waals surface area contributed by atoms with E-state index in [1.807, 2.05) is 0 Å². The van der Waals surface area contributed by atoms with Crippen LogP contribution in [0.15, 0.2) is 30.3 Å². The van der Waals surface area contributed by atoms with Crippen LogP contribution in [0, 0.1) is 0 Å². The summed E-state index contributed by atoms with van der Waals surface area (Å²) >= 11 is 0. The molecule has 0 aliphatic carbocycles. The monoisotopic (exact) mass is 301 g/mol. The maximum atomic E-state index is 11.7. The number of hydrogen-bond donors (Lipinski definition) is 3. The highest BCUT2D eigenvalue weighted by atomic mass is 32.2. The molecule has 0 unspecified atom stereocenters. The van der Waals surface area contributed by atoms with Gasteiger partial charge in [-0.1, -0.05) is 18.2 Å². The zero-order valence-corrected chi connectivity index (χ0v) is 12.1. The lowest BCUT2D eigenvalue weighted by Crippen LogP contribution is -2.39. The number of amides is 2. The molecule has 1 rings (SSSR count). The van der Waals surface area contributed by atoms with Crippen LogP contribution in [0.1, 0.15) is 0 Å². The van der Waals surface area contributed by atoms with Gasteiger partial charge in [-0.2, -0.15) is 0 Å². The van der Waals surface area contributed by atoms with Crippen LogP contribution in [0.4, 0.5) is 10.5 Å². The quantitative estimate of drug-likeness (QED) is 0.605. The second kappa shape index (κ2) is 8.39. The number of sulfonamides is 1. The average Bonchev–Trinajstić information content (AvgIpc) is 2.39. The first-order valence-corrected chi connectivity index (χ1v) is 7.75. The Balaban J connectivity index is 2.28. The molecule has 1 aromatic rings. The molecule has 0 saturated heterocycles. The highest BCUT2D eigenvalue weighted by Gasteiger charge is 2.10. The van der Waals surface area contributed by atoms with E-state index in [9.17, 15) is 13.2 Å². The molecule has 3 N–H and O–H groups in total. The van der Waals surface area contributed by atoms with Crippen molar-refractivity contribution in [2.45, 2.75) is 0 Å². The number of benzene rings is 1. The summed E-state index contributed by atoms with van der Waals surface area (Å²) in [4.78, 5) is 11.3. The summed E-state index contributed by atoms with van der Waals surface area (Å²) < 4.78 is 30.7. The molecule has 7 nitrogen and oxygen atoms in total. The Morgan fingerprint density at radius 3 is 2.45 bits per heavy atom. The van der Waals surface area contributed by atoms with E-state index in [0.717, 1.165) is 0 Å². The van der Waals surface area contributed by atoms with Crippen molar-refractivity contribution in [1.29, 1.82) is 0 Å². The standard InChI is InChI=1S/C12H19N3O4S/c1-19-9-7-13-12(16)14-8-10-20(17,18)15-11-5-3-2-4-6-11/h2-6,15H,7-10H2,1H3,(H2,13,14,16). The van der Waals surface area contributed by atoms with E-state index in [0.29, 0.717) is 18.8 Å². The summed E-state index contributed by atoms with van der Waals surface area (Å²) in [5, 5.41) is 4.99. The van der Waals surface area contributed by atoms with Crippen LogP contribution in [0.2, 0.25) is 0 Å². The number of carbonyl (C=O) groups excluding carboxylic acids is 1. The third-order valence-electron chi connectivity index (χ3n) is 2.30. The van der Waals surface area contributed by atoms with Crippen molar-refractivity contribution in [3.63, 3.8) is 0 Å². The molecule has 8 heteroatoms. The summed E-state index contributed by atoms with van der Waals surface area (Å²) in [6.07, 6.45) is 0. The van der Waals surface area contributed by atoms with Gasteiger partial charge < -0.3 is 15.4 Å². The second-order valence-corrected chi connectivity index (χ2v) is 5.80. The van der Waals surface area contributed by atoms with Gasteiger partial charge in [0.05, 0.1) is 12.4 Å². The Bertz CT molecular complexity index is 505. The maximum Gasteiger partial charge on any atom is 0.314 e. The Labute approximate surface area is 118 Å². The number of para-hydroxylation sites is 1. The number of urea groups is 1. The van der Waals surface area contributed by atoms with Crippen molar-refractivity contribution in [1.82, 2.24) is 10.6 Å². The molecule has 20 heavy (non-hydrogen) atoms. The molecule has 0 saturated carbocycles. The fourth-order valence-corrected chi connectivity index (χ4v) is 2.33. The predicted octanol–water partition coefficient (Wildman–Crippen LogP) is 0.374. The Hall–Kier alpha value is -1.80. The van der Waals surface area contributed by atoms with Crippen LogP contribution in [0.3, 0.4) is 0 Å². The predicted molar refractivity (Wildman–Crippen MR) is 77.1 cm³/mol. The van der Waals surface area contributed by atoms with Crippen molar-refractivity contribution >= 4 is 21.7 Å². The molecule has 0 spiro atoms. The minimum absolute atomic E-state index is 0.0288. The zero-order chi connectivity index (χ0) is 14.8. The molecule has 0 atom stereocenters. The molecule has 0 fully saturated rings. The van der Waals surface area contributed by atoms with Gasteiger partial charge in [0, 0.05) is 25.9 Å². The number of ether oxygens (including phenoxy) is 1. The molecule has 112 valence electrons. The molecule has 1 aromatic carbocycles. The van der Waals surface area contributed by atoms with Gasteiger partial charge in [0.2, 0.25) is 10.0 Å². The van der Waals surface area contributed by atoms with Crippen molar-refractivity contribution in [2.24, 2.45) is 0 Å². The molecule has 0 radical (unpaired) electrons. The summed E-state index contributed by atoms with van der Waals surface area (Å²) in [5.74, 6) is -0.195. The van der Waals surface area contributed by atoms with E-state index in [4.69, 9.17) is 4.74 Å². The molecular formula is C12H19N3O4S. The third kappa shape index (κ3) is 6.95. The highest BCUT2D eigenvalue weighted by Crippen LogP contribution is 2.07. The van der Waals surface area contributed by atoms with Crippen LogP contribution < -0.4 is 15.4 Å². The number of carbonyl (C=O) groups is 1. The van der Waals surface area contributed by atoms with Gasteiger partial charge >= 0.3 is 6.03 Å². The van der Waals surface area contributed by atoms with Crippen LogP contribution >= 0.6 is 0 Å². The van der Waals surface area contributed by atoms with Gasteiger partial charge in [0.1, 0.15) is 0 Å².